The van der Waals surface area contributed by atoms with Crippen molar-refractivity contribution in [1.29, 1.82) is 0 Å². The third-order valence-corrected chi connectivity index (χ3v) is 6.72. The van der Waals surface area contributed by atoms with Crippen LogP contribution in [0.5, 0.6) is 0 Å². The fraction of sp³-hybridized carbons (Fsp3) is 1.00. The van der Waals surface area contributed by atoms with Crippen molar-refractivity contribution in [2.24, 2.45) is 0 Å². The van der Waals surface area contributed by atoms with Crippen LogP contribution in [0.2, 0.25) is 0 Å². The molecule has 0 N–H and O–H groups in total. The molecular formula is C11H19NO2S. The van der Waals surface area contributed by atoms with Gasteiger partial charge in [-0.3, -0.25) is 0 Å². The Morgan fingerprint density at radius 1 is 0.800 bits per heavy atom. The van der Waals surface area contributed by atoms with Gasteiger partial charge in [-0.15, -0.1) is 0 Å². The van der Waals surface area contributed by atoms with E-state index in [0.29, 0.717) is 12.1 Å². The molecule has 0 aromatic carbocycles. The molecule has 1 saturated heterocycles. The lowest BCUT2D eigenvalue weighted by Crippen LogP contribution is -2.27. The standard InChI is InChI=1S/C11H19NO2S/c13-15(14,9-5-1-2-6-9)12-10-7-3-4-8-11(10)12/h9-11H,1-8H2. The average Bonchev–Trinajstić information content (AvgIpc) is 2.71. The molecule has 3 aliphatic rings. The summed E-state index contributed by atoms with van der Waals surface area (Å²) >= 11 is 0. The normalized spacial score (nSPS) is 41.5. The molecule has 0 bridgehead atoms. The maximum absolute atomic E-state index is 12.3. The molecule has 0 spiro atoms. The predicted octanol–water partition coefficient (Wildman–Crippen LogP) is 1.89. The number of nitrogens with zero attached hydrogens (tertiary/aromatic N) is 1. The summed E-state index contributed by atoms with van der Waals surface area (Å²) < 4.78 is 26.4. The SMILES string of the molecule is O=S(=O)(C1CCCC1)N1C2CCCCC21. The second-order valence-electron chi connectivity index (χ2n) is 5.20. The summed E-state index contributed by atoms with van der Waals surface area (Å²) in [6, 6.07) is 0.786. The Balaban J connectivity index is 1.76. The Hall–Kier alpha value is -0.0900. The molecule has 2 atom stereocenters. The van der Waals surface area contributed by atoms with E-state index in [2.05, 4.69) is 0 Å². The van der Waals surface area contributed by atoms with Gasteiger partial charge in [0.1, 0.15) is 0 Å². The number of hydrogen-bond donors (Lipinski definition) is 0. The van der Waals surface area contributed by atoms with Crippen molar-refractivity contribution >= 4 is 10.0 Å². The summed E-state index contributed by atoms with van der Waals surface area (Å²) in [5.74, 6) is 0. The molecule has 1 heterocycles. The predicted molar refractivity (Wildman–Crippen MR) is 59.1 cm³/mol. The number of rotatable bonds is 2. The maximum Gasteiger partial charge on any atom is 0.217 e. The van der Waals surface area contributed by atoms with Crippen molar-refractivity contribution in [2.45, 2.75) is 68.7 Å². The zero-order valence-electron chi connectivity index (χ0n) is 9.06. The van der Waals surface area contributed by atoms with Crippen LogP contribution in [0.25, 0.3) is 0 Å². The first-order valence-corrected chi connectivity index (χ1v) is 7.74. The van der Waals surface area contributed by atoms with Crippen LogP contribution in [-0.4, -0.2) is 30.1 Å². The van der Waals surface area contributed by atoms with Gasteiger partial charge >= 0.3 is 0 Å². The number of hydrogen-bond acceptors (Lipinski definition) is 2. The smallest absolute Gasteiger partial charge is 0.212 e. The molecule has 2 saturated carbocycles. The fourth-order valence-corrected chi connectivity index (χ4v) is 5.86. The van der Waals surface area contributed by atoms with E-state index in [1.54, 1.807) is 0 Å². The Bertz CT molecular complexity index is 334. The minimum Gasteiger partial charge on any atom is -0.212 e. The monoisotopic (exact) mass is 229 g/mol. The van der Waals surface area contributed by atoms with Crippen molar-refractivity contribution < 1.29 is 8.42 Å². The molecule has 0 aromatic rings. The van der Waals surface area contributed by atoms with Crippen molar-refractivity contribution in [3.05, 3.63) is 0 Å². The molecule has 0 amide bonds. The lowest BCUT2D eigenvalue weighted by atomic mass is 10.0. The van der Waals surface area contributed by atoms with Crippen LogP contribution >= 0.6 is 0 Å². The van der Waals surface area contributed by atoms with Gasteiger partial charge in [0.2, 0.25) is 10.0 Å². The number of fused-ring (bicyclic) bond motifs is 1. The Morgan fingerprint density at radius 3 is 1.80 bits per heavy atom. The lowest BCUT2D eigenvalue weighted by molar-refractivity contribution is 0.528. The van der Waals surface area contributed by atoms with E-state index in [0.717, 1.165) is 38.5 Å². The summed E-state index contributed by atoms with van der Waals surface area (Å²) in [7, 11) is -2.91. The summed E-state index contributed by atoms with van der Waals surface area (Å²) in [4.78, 5) is 0. The molecular weight excluding hydrogens is 210 g/mol. The van der Waals surface area contributed by atoms with Gasteiger partial charge in [-0.25, -0.2) is 8.42 Å². The van der Waals surface area contributed by atoms with Gasteiger partial charge in [0, 0.05) is 12.1 Å². The Morgan fingerprint density at radius 2 is 1.27 bits per heavy atom. The van der Waals surface area contributed by atoms with E-state index < -0.39 is 10.0 Å². The summed E-state index contributed by atoms with van der Waals surface area (Å²) in [5, 5.41) is -0.0388. The van der Waals surface area contributed by atoms with Crippen LogP contribution in [-0.2, 0) is 10.0 Å². The van der Waals surface area contributed by atoms with Crippen LogP contribution < -0.4 is 0 Å². The highest BCUT2D eigenvalue weighted by molar-refractivity contribution is 7.90. The first-order chi connectivity index (χ1) is 7.21. The highest BCUT2D eigenvalue weighted by Gasteiger charge is 2.57. The van der Waals surface area contributed by atoms with Crippen LogP contribution in [0.3, 0.4) is 0 Å². The molecule has 3 rings (SSSR count). The van der Waals surface area contributed by atoms with Crippen LogP contribution in [0.4, 0.5) is 0 Å². The van der Waals surface area contributed by atoms with Crippen molar-refractivity contribution in [2.75, 3.05) is 0 Å². The van der Waals surface area contributed by atoms with Gasteiger partial charge in [-0.1, -0.05) is 25.7 Å². The van der Waals surface area contributed by atoms with Crippen molar-refractivity contribution in [3.63, 3.8) is 0 Å². The topological polar surface area (TPSA) is 37.1 Å². The zero-order valence-corrected chi connectivity index (χ0v) is 9.88. The molecule has 2 aliphatic carbocycles. The highest BCUT2D eigenvalue weighted by Crippen LogP contribution is 2.45. The van der Waals surface area contributed by atoms with E-state index in [9.17, 15) is 8.42 Å². The van der Waals surface area contributed by atoms with E-state index in [1.165, 1.54) is 12.8 Å². The van der Waals surface area contributed by atoms with Gasteiger partial charge in [0.25, 0.3) is 0 Å². The fourth-order valence-electron chi connectivity index (χ4n) is 3.39. The molecule has 4 heteroatoms. The minimum atomic E-state index is -2.91. The number of sulfonamides is 1. The molecule has 86 valence electrons. The molecule has 3 fully saturated rings. The molecule has 3 nitrogen and oxygen atoms in total. The zero-order chi connectivity index (χ0) is 10.5. The second-order valence-corrected chi connectivity index (χ2v) is 7.32. The molecule has 15 heavy (non-hydrogen) atoms. The van der Waals surface area contributed by atoms with Crippen LogP contribution in [0.15, 0.2) is 0 Å². The first kappa shape index (κ1) is 10.1. The van der Waals surface area contributed by atoms with Crippen molar-refractivity contribution in [3.8, 4) is 0 Å². The largest absolute Gasteiger partial charge is 0.217 e. The maximum atomic E-state index is 12.3. The van der Waals surface area contributed by atoms with E-state index in [1.807, 2.05) is 4.31 Å². The van der Waals surface area contributed by atoms with Crippen LogP contribution in [0, 0.1) is 0 Å². The Kier molecular flexibility index (Phi) is 2.32. The summed E-state index contributed by atoms with van der Waals surface area (Å²) in [6.07, 6.45) is 8.67. The van der Waals surface area contributed by atoms with Gasteiger partial charge in [0.15, 0.2) is 0 Å². The Labute approximate surface area is 91.9 Å². The average molecular weight is 229 g/mol. The van der Waals surface area contributed by atoms with Gasteiger partial charge in [-0.05, 0) is 25.7 Å². The van der Waals surface area contributed by atoms with Crippen LogP contribution in [0.1, 0.15) is 51.4 Å². The van der Waals surface area contributed by atoms with E-state index in [4.69, 9.17) is 0 Å². The van der Waals surface area contributed by atoms with Gasteiger partial charge in [-0.2, -0.15) is 4.31 Å². The van der Waals surface area contributed by atoms with E-state index >= 15 is 0 Å². The summed E-state index contributed by atoms with van der Waals surface area (Å²) in [5.41, 5.74) is 0. The van der Waals surface area contributed by atoms with Gasteiger partial charge < -0.3 is 0 Å². The minimum absolute atomic E-state index is 0.0388. The quantitative estimate of drug-likeness (QED) is 0.678. The van der Waals surface area contributed by atoms with Crippen molar-refractivity contribution in [1.82, 2.24) is 4.31 Å². The lowest BCUT2D eigenvalue weighted by Gasteiger charge is -2.12. The summed E-state index contributed by atoms with van der Waals surface area (Å²) in [6.45, 7) is 0. The molecule has 2 unspecified atom stereocenters. The second kappa shape index (κ2) is 3.45. The molecule has 0 radical (unpaired) electrons. The molecule has 0 aromatic heterocycles. The third kappa shape index (κ3) is 1.53. The molecule has 1 aliphatic heterocycles. The van der Waals surface area contributed by atoms with Gasteiger partial charge in [0.05, 0.1) is 5.25 Å². The first-order valence-electron chi connectivity index (χ1n) is 6.23. The third-order valence-electron chi connectivity index (χ3n) is 4.28. The van der Waals surface area contributed by atoms with E-state index in [-0.39, 0.29) is 5.25 Å². The highest BCUT2D eigenvalue weighted by atomic mass is 32.2.